The number of hydrogen-bond donors (Lipinski definition) is 2. The van der Waals surface area contributed by atoms with Crippen LogP contribution in [-0.2, 0) is 0 Å². The molecule has 0 saturated carbocycles. The average Bonchev–Trinajstić information content (AvgIpc) is 3.87. The highest BCUT2D eigenvalue weighted by Crippen LogP contribution is 2.45. The van der Waals surface area contributed by atoms with Gasteiger partial charge in [-0.25, -0.2) is 4.99 Å². The summed E-state index contributed by atoms with van der Waals surface area (Å²) in [5, 5.41) is 15.4. The molecule has 0 spiro atoms. The Bertz CT molecular complexity index is 2990. The number of rotatable bonds is 3. The van der Waals surface area contributed by atoms with E-state index in [0.29, 0.717) is 0 Å². The molecule has 1 aliphatic heterocycles. The second-order valence-electron chi connectivity index (χ2n) is 13.2. The van der Waals surface area contributed by atoms with Crippen molar-refractivity contribution in [1.82, 2.24) is 15.2 Å². The molecule has 2 unspecified atom stereocenters. The van der Waals surface area contributed by atoms with Gasteiger partial charge < -0.3 is 5.32 Å². The maximum Gasteiger partial charge on any atom is 0.206 e. The van der Waals surface area contributed by atoms with E-state index >= 15 is 0 Å². The Kier molecular flexibility index (Phi) is 6.46. The van der Waals surface area contributed by atoms with Crippen LogP contribution in [-0.4, -0.2) is 10.5 Å². The monoisotopic (exact) mass is 690 g/mol. The summed E-state index contributed by atoms with van der Waals surface area (Å²) in [6.45, 7) is 0. The summed E-state index contributed by atoms with van der Waals surface area (Å²) >= 11 is 3.80. The Morgan fingerprint density at radius 1 is 0.471 bits per heavy atom. The van der Waals surface area contributed by atoms with Crippen LogP contribution in [0.15, 0.2) is 163 Å². The molecular weight excluding hydrogens is 661 g/mol. The summed E-state index contributed by atoms with van der Waals surface area (Å²) in [4.78, 5) is 5.48. The van der Waals surface area contributed by atoms with Crippen LogP contribution in [0.3, 0.4) is 0 Å². The van der Waals surface area contributed by atoms with Crippen molar-refractivity contribution in [2.45, 2.75) is 12.3 Å². The minimum atomic E-state index is -0.265. The molecule has 10 aromatic rings. The Hall–Kier alpha value is -5.79. The fourth-order valence-corrected chi connectivity index (χ4v) is 10.4. The molecule has 11 rings (SSSR count). The Morgan fingerprint density at radius 2 is 1.10 bits per heavy atom. The smallest absolute Gasteiger partial charge is 0.206 e. The zero-order valence-corrected chi connectivity index (χ0v) is 29.0. The van der Waals surface area contributed by atoms with Crippen LogP contribution in [0.5, 0.6) is 0 Å². The van der Waals surface area contributed by atoms with Crippen LogP contribution in [0, 0.1) is 0 Å². The van der Waals surface area contributed by atoms with E-state index in [0.717, 1.165) is 28.1 Å². The number of thiophene rings is 2. The number of fused-ring (bicyclic) bond motifs is 10. The topological polar surface area (TPSA) is 41.4 Å². The largest absolute Gasteiger partial charge is 0.336 e. The van der Waals surface area contributed by atoms with Gasteiger partial charge in [0.25, 0.3) is 0 Å². The molecule has 4 heterocycles. The van der Waals surface area contributed by atoms with Crippen molar-refractivity contribution in [2.75, 3.05) is 0 Å². The standard InChI is InChI=1S/C45H30N4S2/c1-3-11-27(12-4-1)29-19-21-32-31-15-7-9-17-37(31)49(38(32)25-29)45-47-43(28-13-5-2-6-14-28)46-44(48-45)30-20-22-34-36-24-23-35-33-16-8-10-18-39(33)50-41(35)42(36)51-40(34)26-30/h1-26,43-44,46H,(H,47,48). The maximum atomic E-state index is 5.48. The SMILES string of the molecule is c1ccc(-c2ccc3c4ccccc4n(C4=NC(c5ccc6c(c5)sc5c6ccc6c7ccccc7sc65)NC(c5ccccc5)N4)c3c2)cc1. The van der Waals surface area contributed by atoms with Crippen molar-refractivity contribution >= 4 is 90.8 Å². The fraction of sp³-hybridized carbons (Fsp3) is 0.0444. The third-order valence-corrected chi connectivity index (χ3v) is 12.8. The van der Waals surface area contributed by atoms with Gasteiger partial charge in [-0.3, -0.25) is 9.88 Å². The van der Waals surface area contributed by atoms with Gasteiger partial charge in [-0.05, 0) is 46.5 Å². The van der Waals surface area contributed by atoms with Crippen LogP contribution in [0.4, 0.5) is 0 Å². The van der Waals surface area contributed by atoms with Crippen molar-refractivity contribution in [3.05, 3.63) is 169 Å². The molecule has 242 valence electrons. The molecule has 0 amide bonds. The highest BCUT2D eigenvalue weighted by molar-refractivity contribution is 7.33. The Morgan fingerprint density at radius 3 is 1.92 bits per heavy atom. The predicted octanol–water partition coefficient (Wildman–Crippen LogP) is 12.0. The van der Waals surface area contributed by atoms with E-state index < -0.39 is 0 Å². The molecule has 2 atom stereocenters. The number of para-hydroxylation sites is 1. The lowest BCUT2D eigenvalue weighted by atomic mass is 10.0. The van der Waals surface area contributed by atoms with Crippen LogP contribution in [0.2, 0.25) is 0 Å². The number of hydrogen-bond acceptors (Lipinski definition) is 5. The van der Waals surface area contributed by atoms with Gasteiger partial charge in [-0.1, -0.05) is 133 Å². The predicted molar refractivity (Wildman–Crippen MR) is 218 cm³/mol. The van der Waals surface area contributed by atoms with Crippen molar-refractivity contribution < 1.29 is 0 Å². The lowest BCUT2D eigenvalue weighted by molar-refractivity contribution is 0.403. The average molecular weight is 691 g/mol. The van der Waals surface area contributed by atoms with Gasteiger partial charge in [-0.2, -0.15) is 0 Å². The van der Waals surface area contributed by atoms with Crippen molar-refractivity contribution in [1.29, 1.82) is 0 Å². The normalized spacial score (nSPS) is 16.4. The van der Waals surface area contributed by atoms with E-state index in [2.05, 4.69) is 173 Å². The quantitative estimate of drug-likeness (QED) is 0.194. The molecule has 0 radical (unpaired) electrons. The van der Waals surface area contributed by atoms with Crippen molar-refractivity contribution in [3.63, 3.8) is 0 Å². The molecule has 2 N–H and O–H groups in total. The molecular formula is C45H30N4S2. The third kappa shape index (κ3) is 4.58. The summed E-state index contributed by atoms with van der Waals surface area (Å²) in [6.07, 6.45) is -0.410. The first-order valence-electron chi connectivity index (χ1n) is 17.3. The number of aliphatic imine (C=N–C) groups is 1. The minimum absolute atomic E-state index is 0.145. The summed E-state index contributed by atoms with van der Waals surface area (Å²) in [6, 6.07) is 57.0. The van der Waals surface area contributed by atoms with E-state index in [9.17, 15) is 0 Å². The van der Waals surface area contributed by atoms with E-state index in [1.165, 1.54) is 62.2 Å². The number of nitrogens with zero attached hydrogens (tertiary/aromatic N) is 2. The summed E-state index contributed by atoms with van der Waals surface area (Å²) < 4.78 is 7.68. The van der Waals surface area contributed by atoms with E-state index in [-0.39, 0.29) is 12.3 Å². The van der Waals surface area contributed by atoms with Gasteiger partial charge in [0.05, 0.1) is 20.4 Å². The molecule has 0 fully saturated rings. The summed E-state index contributed by atoms with van der Waals surface area (Å²) in [5.41, 5.74) is 6.94. The second-order valence-corrected chi connectivity index (χ2v) is 15.3. The van der Waals surface area contributed by atoms with Gasteiger partial charge in [0.1, 0.15) is 12.3 Å². The van der Waals surface area contributed by atoms with Gasteiger partial charge >= 0.3 is 0 Å². The second kappa shape index (κ2) is 11.4. The summed E-state index contributed by atoms with van der Waals surface area (Å²) in [7, 11) is 0. The highest BCUT2D eigenvalue weighted by atomic mass is 32.1. The molecule has 6 heteroatoms. The van der Waals surface area contributed by atoms with Crippen LogP contribution >= 0.6 is 22.7 Å². The molecule has 0 aliphatic carbocycles. The van der Waals surface area contributed by atoms with Crippen LogP contribution < -0.4 is 10.6 Å². The summed E-state index contributed by atoms with van der Waals surface area (Å²) in [5.74, 6) is 0.826. The lowest BCUT2D eigenvalue weighted by Crippen LogP contribution is -2.47. The first kappa shape index (κ1) is 29.0. The molecule has 4 nitrogen and oxygen atoms in total. The molecule has 3 aromatic heterocycles. The first-order valence-corrected chi connectivity index (χ1v) is 18.9. The number of nitrogens with one attached hydrogen (secondary N) is 2. The lowest BCUT2D eigenvalue weighted by Gasteiger charge is -2.32. The molecule has 51 heavy (non-hydrogen) atoms. The van der Waals surface area contributed by atoms with Crippen molar-refractivity contribution in [2.24, 2.45) is 4.99 Å². The molecule has 1 aliphatic rings. The van der Waals surface area contributed by atoms with Gasteiger partial charge in [-0.15, -0.1) is 22.7 Å². The van der Waals surface area contributed by atoms with Crippen LogP contribution in [0.25, 0.3) is 73.3 Å². The number of benzene rings is 7. The zero-order chi connectivity index (χ0) is 33.5. The van der Waals surface area contributed by atoms with E-state index in [1.807, 2.05) is 22.7 Å². The van der Waals surface area contributed by atoms with Gasteiger partial charge in [0.2, 0.25) is 5.96 Å². The van der Waals surface area contributed by atoms with Crippen molar-refractivity contribution in [3.8, 4) is 11.1 Å². The van der Waals surface area contributed by atoms with Gasteiger partial charge in [0.15, 0.2) is 0 Å². The minimum Gasteiger partial charge on any atom is -0.336 e. The Balaban J connectivity index is 1.10. The molecule has 0 saturated heterocycles. The third-order valence-electron chi connectivity index (χ3n) is 10.3. The molecule has 7 aromatic carbocycles. The zero-order valence-electron chi connectivity index (χ0n) is 27.4. The first-order chi connectivity index (χ1) is 25.3. The number of aromatic nitrogens is 1. The Labute approximate surface area is 301 Å². The van der Waals surface area contributed by atoms with Crippen LogP contribution in [0.1, 0.15) is 23.5 Å². The van der Waals surface area contributed by atoms with E-state index in [4.69, 9.17) is 4.99 Å². The van der Waals surface area contributed by atoms with Gasteiger partial charge in [0, 0.05) is 41.7 Å². The molecule has 0 bridgehead atoms. The van der Waals surface area contributed by atoms with E-state index in [1.54, 1.807) is 0 Å². The fourth-order valence-electron chi connectivity index (χ4n) is 7.86. The maximum absolute atomic E-state index is 5.48. The highest BCUT2D eigenvalue weighted by Gasteiger charge is 2.28.